The predicted octanol–water partition coefficient (Wildman–Crippen LogP) is 2.63. The van der Waals surface area contributed by atoms with Gasteiger partial charge in [0.1, 0.15) is 5.54 Å². The molecule has 1 atom stereocenters. The molecule has 0 spiro atoms. The van der Waals surface area contributed by atoms with Gasteiger partial charge < -0.3 is 5.11 Å². The number of carbonyl (C=O) groups is 1. The molecule has 8 heteroatoms. The number of nitrogens with one attached hydrogen (secondary N) is 1. The molecule has 0 aliphatic carbocycles. The average molecular weight is 371 g/mol. The smallest absolute Gasteiger partial charge is 0.324 e. The number of hydrogen-bond donors (Lipinski definition) is 2. The van der Waals surface area contributed by atoms with Crippen LogP contribution < -0.4 is 4.72 Å². The van der Waals surface area contributed by atoms with Crippen molar-refractivity contribution in [3.8, 4) is 0 Å². The average Bonchev–Trinajstić information content (AvgIpc) is 2.31. The predicted molar refractivity (Wildman–Crippen MR) is 75.8 cm³/mol. The highest BCUT2D eigenvalue weighted by atomic mass is 79.9. The van der Waals surface area contributed by atoms with Crippen molar-refractivity contribution in [1.29, 1.82) is 0 Å². The van der Waals surface area contributed by atoms with E-state index in [1.807, 2.05) is 0 Å². The van der Waals surface area contributed by atoms with Gasteiger partial charge in [-0.3, -0.25) is 4.79 Å². The molecule has 0 bridgehead atoms. The number of carboxylic acid groups (broad SMARTS) is 1. The van der Waals surface area contributed by atoms with Gasteiger partial charge in [0.2, 0.25) is 10.0 Å². The molecule has 0 heterocycles. The topological polar surface area (TPSA) is 83.5 Å². The molecule has 0 aliphatic rings. The van der Waals surface area contributed by atoms with Crippen LogP contribution in [0.2, 0.25) is 5.02 Å². The summed E-state index contributed by atoms with van der Waals surface area (Å²) in [6.07, 6.45) is 0.121. The number of aliphatic carboxylic acids is 1. The third kappa shape index (κ3) is 3.68. The first-order chi connectivity index (χ1) is 8.62. The zero-order valence-corrected chi connectivity index (χ0v) is 13.4. The highest BCUT2D eigenvalue weighted by Gasteiger charge is 2.36. The Hall–Kier alpha value is -0.630. The van der Waals surface area contributed by atoms with Gasteiger partial charge >= 0.3 is 5.97 Å². The minimum absolute atomic E-state index is 0.0512. The maximum atomic E-state index is 12.1. The van der Waals surface area contributed by atoms with E-state index in [1.165, 1.54) is 25.1 Å². The standard InChI is InChI=1S/C11H13BrClNO4S/c1-3-11(2,10(15)16)14-19(17,18)7-4-5-9(13)8(12)6-7/h4-6,14H,3H2,1-2H3,(H,15,16). The van der Waals surface area contributed by atoms with E-state index >= 15 is 0 Å². The highest BCUT2D eigenvalue weighted by Crippen LogP contribution is 2.26. The van der Waals surface area contributed by atoms with Gasteiger partial charge in [0.05, 0.1) is 9.92 Å². The Morgan fingerprint density at radius 2 is 2.11 bits per heavy atom. The van der Waals surface area contributed by atoms with Gasteiger partial charge in [-0.15, -0.1) is 0 Å². The lowest BCUT2D eigenvalue weighted by Gasteiger charge is -2.24. The van der Waals surface area contributed by atoms with Gasteiger partial charge in [0.15, 0.2) is 0 Å². The molecule has 0 radical (unpaired) electrons. The number of rotatable bonds is 5. The van der Waals surface area contributed by atoms with Crippen LogP contribution in [0.25, 0.3) is 0 Å². The monoisotopic (exact) mass is 369 g/mol. The van der Waals surface area contributed by atoms with Crippen LogP contribution >= 0.6 is 27.5 Å². The number of hydrogen-bond acceptors (Lipinski definition) is 3. The molecule has 106 valence electrons. The first-order valence-corrected chi connectivity index (χ1v) is 8.00. The van der Waals surface area contributed by atoms with Crippen LogP contribution in [0.4, 0.5) is 0 Å². The van der Waals surface area contributed by atoms with Crippen molar-refractivity contribution < 1.29 is 18.3 Å². The summed E-state index contributed by atoms with van der Waals surface area (Å²) in [5, 5.41) is 9.45. The summed E-state index contributed by atoms with van der Waals surface area (Å²) >= 11 is 8.91. The largest absolute Gasteiger partial charge is 0.480 e. The lowest BCUT2D eigenvalue weighted by atomic mass is 10.0. The normalized spacial score (nSPS) is 14.9. The van der Waals surface area contributed by atoms with E-state index in [4.69, 9.17) is 16.7 Å². The molecule has 0 saturated carbocycles. The van der Waals surface area contributed by atoms with E-state index in [2.05, 4.69) is 20.7 Å². The van der Waals surface area contributed by atoms with Gasteiger partial charge in [-0.25, -0.2) is 8.42 Å². The quantitative estimate of drug-likeness (QED) is 0.834. The number of carboxylic acids is 1. The van der Waals surface area contributed by atoms with Gasteiger partial charge in [0, 0.05) is 4.47 Å². The van der Waals surface area contributed by atoms with Crippen LogP contribution in [-0.2, 0) is 14.8 Å². The van der Waals surface area contributed by atoms with Crippen LogP contribution in [0.1, 0.15) is 20.3 Å². The second-order valence-corrected chi connectivity index (χ2v) is 7.12. The molecule has 2 N–H and O–H groups in total. The third-order valence-electron chi connectivity index (χ3n) is 2.74. The van der Waals surface area contributed by atoms with Crippen LogP contribution in [0.5, 0.6) is 0 Å². The fourth-order valence-corrected chi connectivity index (χ4v) is 3.38. The number of halogens is 2. The van der Waals surface area contributed by atoms with Crippen LogP contribution in [0.3, 0.4) is 0 Å². The fourth-order valence-electron chi connectivity index (χ4n) is 1.27. The molecule has 1 aromatic carbocycles. The third-order valence-corrected chi connectivity index (χ3v) is 5.55. The maximum Gasteiger partial charge on any atom is 0.324 e. The van der Waals surface area contributed by atoms with Crippen molar-refractivity contribution in [2.45, 2.75) is 30.7 Å². The van der Waals surface area contributed by atoms with E-state index in [0.29, 0.717) is 9.50 Å². The molecule has 0 fully saturated rings. The van der Waals surface area contributed by atoms with E-state index < -0.39 is 21.5 Å². The summed E-state index contributed by atoms with van der Waals surface area (Å²) in [5.74, 6) is -1.23. The Morgan fingerprint density at radius 3 is 2.53 bits per heavy atom. The maximum absolute atomic E-state index is 12.1. The van der Waals surface area contributed by atoms with Crippen LogP contribution in [0, 0.1) is 0 Å². The zero-order valence-electron chi connectivity index (χ0n) is 10.3. The Labute approximate surface area is 125 Å². The van der Waals surface area contributed by atoms with Crippen LogP contribution in [0.15, 0.2) is 27.6 Å². The number of sulfonamides is 1. The van der Waals surface area contributed by atoms with Crippen molar-refractivity contribution in [2.75, 3.05) is 0 Å². The molecule has 1 aromatic rings. The van der Waals surface area contributed by atoms with Gasteiger partial charge in [-0.1, -0.05) is 18.5 Å². The second-order valence-electron chi connectivity index (χ2n) is 4.17. The fraction of sp³-hybridized carbons (Fsp3) is 0.364. The second kappa shape index (κ2) is 5.78. The summed E-state index contributed by atoms with van der Waals surface area (Å²) in [7, 11) is -3.93. The molecule has 19 heavy (non-hydrogen) atoms. The van der Waals surface area contributed by atoms with Gasteiger partial charge in [-0.2, -0.15) is 4.72 Å². The van der Waals surface area contributed by atoms with Gasteiger partial charge in [0.25, 0.3) is 0 Å². The molecule has 0 amide bonds. The summed E-state index contributed by atoms with van der Waals surface area (Å²) < 4.78 is 26.9. The molecule has 1 rings (SSSR count). The van der Waals surface area contributed by atoms with Crippen molar-refractivity contribution in [3.05, 3.63) is 27.7 Å². The molecule has 0 aromatic heterocycles. The minimum Gasteiger partial charge on any atom is -0.480 e. The summed E-state index contributed by atoms with van der Waals surface area (Å²) in [5.41, 5.74) is -1.55. The lowest BCUT2D eigenvalue weighted by Crippen LogP contribution is -2.51. The van der Waals surface area contributed by atoms with Crippen molar-refractivity contribution in [1.82, 2.24) is 4.72 Å². The molecule has 1 unspecified atom stereocenters. The van der Waals surface area contributed by atoms with Crippen molar-refractivity contribution in [2.24, 2.45) is 0 Å². The Balaban J connectivity index is 3.18. The van der Waals surface area contributed by atoms with E-state index in [-0.39, 0.29) is 11.3 Å². The molecular formula is C11H13BrClNO4S. The molecular weight excluding hydrogens is 358 g/mol. The van der Waals surface area contributed by atoms with Gasteiger partial charge in [-0.05, 0) is 47.5 Å². The first kappa shape index (κ1) is 16.4. The molecule has 0 aliphatic heterocycles. The Morgan fingerprint density at radius 1 is 1.53 bits per heavy atom. The van der Waals surface area contributed by atoms with Crippen molar-refractivity contribution in [3.63, 3.8) is 0 Å². The van der Waals surface area contributed by atoms with E-state index in [0.717, 1.165) is 0 Å². The SMILES string of the molecule is CCC(C)(NS(=O)(=O)c1ccc(Cl)c(Br)c1)C(=O)O. The van der Waals surface area contributed by atoms with E-state index in [9.17, 15) is 13.2 Å². The summed E-state index contributed by atoms with van der Waals surface area (Å²) in [6, 6.07) is 4.06. The van der Waals surface area contributed by atoms with E-state index in [1.54, 1.807) is 6.92 Å². The lowest BCUT2D eigenvalue weighted by molar-refractivity contribution is -0.143. The Bertz CT molecular complexity index is 605. The summed E-state index contributed by atoms with van der Waals surface area (Å²) in [4.78, 5) is 11.1. The zero-order chi connectivity index (χ0) is 14.8. The molecule has 0 saturated heterocycles. The highest BCUT2D eigenvalue weighted by molar-refractivity contribution is 9.10. The van der Waals surface area contributed by atoms with Crippen LogP contribution in [-0.4, -0.2) is 25.0 Å². The molecule has 5 nitrogen and oxygen atoms in total. The summed E-state index contributed by atoms with van der Waals surface area (Å²) in [6.45, 7) is 2.91. The number of benzene rings is 1. The van der Waals surface area contributed by atoms with Crippen molar-refractivity contribution >= 4 is 43.5 Å². The Kier molecular flexibility index (Phi) is 5.00. The first-order valence-electron chi connectivity index (χ1n) is 5.35. The minimum atomic E-state index is -3.93.